The first-order valence-corrected chi connectivity index (χ1v) is 5.78. The average molecular weight is 255 g/mol. The highest BCUT2D eigenvalue weighted by Crippen LogP contribution is 2.38. The normalized spacial score (nSPS) is 35.9. The molecular formula is C11H17N3O4. The predicted molar refractivity (Wildman–Crippen MR) is 63.7 cm³/mol. The monoisotopic (exact) mass is 255 g/mol. The lowest BCUT2D eigenvalue weighted by molar-refractivity contribution is -0.0975. The fraction of sp³-hybridized carbons (Fsp3) is 0.636. The first-order valence-electron chi connectivity index (χ1n) is 5.78. The summed E-state index contributed by atoms with van der Waals surface area (Å²) in [5, 5.41) is 20.2. The Hall–Kier alpha value is -1.44. The van der Waals surface area contributed by atoms with Crippen molar-refractivity contribution in [2.45, 2.75) is 44.3 Å². The molecule has 1 aromatic rings. The molecule has 0 radical (unpaired) electrons. The Kier molecular flexibility index (Phi) is 3.14. The fourth-order valence-corrected chi connectivity index (χ4v) is 2.17. The average Bonchev–Trinajstić information content (AvgIpc) is 2.52. The minimum Gasteiger partial charge on any atom is -0.387 e. The SMILES string of the molecule is CC[C@H]1O[C@@H](n2ccc(N)nc2=O)[C@@](C)(O)C1O. The van der Waals surface area contributed by atoms with E-state index in [1.54, 1.807) is 0 Å². The topological polar surface area (TPSA) is 111 Å². The summed E-state index contributed by atoms with van der Waals surface area (Å²) in [5.74, 6) is 0.0986. The van der Waals surface area contributed by atoms with Crippen LogP contribution in [-0.4, -0.2) is 37.6 Å². The van der Waals surface area contributed by atoms with E-state index in [4.69, 9.17) is 10.5 Å². The van der Waals surface area contributed by atoms with E-state index in [0.29, 0.717) is 6.42 Å². The molecule has 1 aromatic heterocycles. The Morgan fingerprint density at radius 2 is 2.33 bits per heavy atom. The van der Waals surface area contributed by atoms with E-state index < -0.39 is 29.7 Å². The Bertz CT molecular complexity index is 499. The molecule has 0 amide bonds. The molecule has 0 aromatic carbocycles. The van der Waals surface area contributed by atoms with Gasteiger partial charge in [0.1, 0.15) is 17.5 Å². The van der Waals surface area contributed by atoms with E-state index in [0.717, 1.165) is 4.57 Å². The van der Waals surface area contributed by atoms with Gasteiger partial charge in [-0.25, -0.2) is 4.79 Å². The molecule has 1 aliphatic rings. The molecule has 100 valence electrons. The number of anilines is 1. The fourth-order valence-electron chi connectivity index (χ4n) is 2.17. The number of nitrogen functional groups attached to an aromatic ring is 1. The third-order valence-corrected chi connectivity index (χ3v) is 3.26. The summed E-state index contributed by atoms with van der Waals surface area (Å²) in [6, 6.07) is 1.44. The zero-order chi connectivity index (χ0) is 13.5. The van der Waals surface area contributed by atoms with Crippen LogP contribution >= 0.6 is 0 Å². The lowest BCUT2D eigenvalue weighted by Gasteiger charge is -2.27. The van der Waals surface area contributed by atoms with Gasteiger partial charge in [0.25, 0.3) is 0 Å². The van der Waals surface area contributed by atoms with Gasteiger partial charge >= 0.3 is 5.69 Å². The summed E-state index contributed by atoms with van der Waals surface area (Å²) in [6.07, 6.45) is -0.621. The highest BCUT2D eigenvalue weighted by Gasteiger charge is 2.52. The van der Waals surface area contributed by atoms with Crippen molar-refractivity contribution in [1.82, 2.24) is 9.55 Å². The Morgan fingerprint density at radius 1 is 1.67 bits per heavy atom. The molecule has 18 heavy (non-hydrogen) atoms. The minimum atomic E-state index is -1.55. The molecule has 4 N–H and O–H groups in total. The largest absolute Gasteiger partial charge is 0.387 e. The van der Waals surface area contributed by atoms with Gasteiger partial charge in [0.15, 0.2) is 6.23 Å². The van der Waals surface area contributed by atoms with Gasteiger partial charge in [-0.1, -0.05) is 6.92 Å². The summed E-state index contributed by atoms with van der Waals surface area (Å²) in [6.45, 7) is 3.26. The van der Waals surface area contributed by atoms with Gasteiger partial charge in [-0.3, -0.25) is 4.57 Å². The molecule has 7 nitrogen and oxygen atoms in total. The summed E-state index contributed by atoms with van der Waals surface area (Å²) in [5.41, 5.74) is 3.22. The van der Waals surface area contributed by atoms with Crippen molar-refractivity contribution in [2.75, 3.05) is 5.73 Å². The Balaban J connectivity index is 2.42. The number of hydrogen-bond acceptors (Lipinski definition) is 6. The van der Waals surface area contributed by atoms with Crippen LogP contribution < -0.4 is 11.4 Å². The molecular weight excluding hydrogens is 238 g/mol. The summed E-state index contributed by atoms with van der Waals surface area (Å²) in [7, 11) is 0. The Labute approximate surface area is 104 Å². The van der Waals surface area contributed by atoms with Crippen molar-refractivity contribution in [3.8, 4) is 0 Å². The summed E-state index contributed by atoms with van der Waals surface area (Å²) >= 11 is 0. The van der Waals surface area contributed by atoms with Gasteiger partial charge < -0.3 is 20.7 Å². The van der Waals surface area contributed by atoms with Gasteiger partial charge in [-0.15, -0.1) is 0 Å². The van der Waals surface area contributed by atoms with E-state index in [1.807, 2.05) is 6.92 Å². The zero-order valence-electron chi connectivity index (χ0n) is 10.3. The molecule has 2 rings (SSSR count). The van der Waals surface area contributed by atoms with Crippen molar-refractivity contribution in [3.05, 3.63) is 22.7 Å². The Morgan fingerprint density at radius 3 is 2.83 bits per heavy atom. The maximum absolute atomic E-state index is 11.7. The lowest BCUT2D eigenvalue weighted by Crippen LogP contribution is -2.45. The first-order chi connectivity index (χ1) is 8.37. The smallest absolute Gasteiger partial charge is 0.351 e. The second-order valence-electron chi connectivity index (χ2n) is 4.65. The molecule has 1 saturated heterocycles. The lowest BCUT2D eigenvalue weighted by atomic mass is 9.95. The second kappa shape index (κ2) is 4.34. The number of aromatic nitrogens is 2. The van der Waals surface area contributed by atoms with Crippen LogP contribution in [-0.2, 0) is 4.74 Å². The molecule has 2 heterocycles. The van der Waals surface area contributed by atoms with Gasteiger partial charge in [0, 0.05) is 6.20 Å². The van der Waals surface area contributed by atoms with E-state index in [9.17, 15) is 15.0 Å². The molecule has 0 spiro atoms. The van der Waals surface area contributed by atoms with Crippen molar-refractivity contribution >= 4 is 5.82 Å². The van der Waals surface area contributed by atoms with Crippen LogP contribution in [0.4, 0.5) is 5.82 Å². The van der Waals surface area contributed by atoms with Gasteiger partial charge in [0.05, 0.1) is 6.10 Å². The molecule has 7 heteroatoms. The van der Waals surface area contributed by atoms with Crippen molar-refractivity contribution in [3.63, 3.8) is 0 Å². The summed E-state index contributed by atoms with van der Waals surface area (Å²) in [4.78, 5) is 15.3. The first kappa shape index (κ1) is 13.0. The van der Waals surface area contributed by atoms with Crippen LogP contribution in [0.1, 0.15) is 26.5 Å². The van der Waals surface area contributed by atoms with Gasteiger partial charge in [0.2, 0.25) is 0 Å². The number of rotatable bonds is 2. The molecule has 1 aliphatic heterocycles. The van der Waals surface area contributed by atoms with Crippen LogP contribution in [0.3, 0.4) is 0 Å². The number of aliphatic hydroxyl groups is 2. The van der Waals surface area contributed by atoms with Crippen molar-refractivity contribution in [2.24, 2.45) is 0 Å². The van der Waals surface area contributed by atoms with E-state index in [-0.39, 0.29) is 5.82 Å². The highest BCUT2D eigenvalue weighted by atomic mass is 16.6. The number of nitrogens with two attached hydrogens (primary N) is 1. The van der Waals surface area contributed by atoms with E-state index >= 15 is 0 Å². The molecule has 1 unspecified atom stereocenters. The minimum absolute atomic E-state index is 0.0986. The predicted octanol–water partition coefficient (Wildman–Crippen LogP) is -0.755. The van der Waals surface area contributed by atoms with Gasteiger partial charge in [-0.2, -0.15) is 4.98 Å². The third-order valence-electron chi connectivity index (χ3n) is 3.26. The van der Waals surface area contributed by atoms with Crippen LogP contribution in [0.15, 0.2) is 17.1 Å². The van der Waals surface area contributed by atoms with E-state index in [2.05, 4.69) is 4.98 Å². The molecule has 0 bridgehead atoms. The third kappa shape index (κ3) is 1.90. The number of aliphatic hydroxyl groups excluding tert-OH is 1. The van der Waals surface area contributed by atoms with Crippen LogP contribution in [0.5, 0.6) is 0 Å². The molecule has 1 fully saturated rings. The molecule has 4 atom stereocenters. The standard InChI is InChI=1S/C11H17N3O4/c1-3-6-8(15)11(2,17)9(18-6)14-5-4-7(12)13-10(14)16/h4-6,8-9,15,17H,3H2,1-2H3,(H2,12,13,16)/t6-,8?,9-,11+/m1/s1. The number of ether oxygens (including phenoxy) is 1. The van der Waals surface area contributed by atoms with E-state index in [1.165, 1.54) is 19.2 Å². The van der Waals surface area contributed by atoms with Crippen molar-refractivity contribution < 1.29 is 14.9 Å². The second-order valence-corrected chi connectivity index (χ2v) is 4.65. The molecule has 0 saturated carbocycles. The van der Waals surface area contributed by atoms with Crippen LogP contribution in [0.25, 0.3) is 0 Å². The summed E-state index contributed by atoms with van der Waals surface area (Å²) < 4.78 is 6.66. The quantitative estimate of drug-likeness (QED) is 0.641. The van der Waals surface area contributed by atoms with Crippen LogP contribution in [0.2, 0.25) is 0 Å². The van der Waals surface area contributed by atoms with Crippen molar-refractivity contribution in [1.29, 1.82) is 0 Å². The maximum Gasteiger partial charge on any atom is 0.351 e. The highest BCUT2D eigenvalue weighted by molar-refractivity contribution is 5.23. The van der Waals surface area contributed by atoms with Gasteiger partial charge in [-0.05, 0) is 19.4 Å². The van der Waals surface area contributed by atoms with Crippen LogP contribution in [0, 0.1) is 0 Å². The number of nitrogens with zero attached hydrogens (tertiary/aromatic N) is 2. The maximum atomic E-state index is 11.7. The number of hydrogen-bond donors (Lipinski definition) is 3. The zero-order valence-corrected chi connectivity index (χ0v) is 10.3. The molecule has 0 aliphatic carbocycles.